The van der Waals surface area contributed by atoms with Gasteiger partial charge in [-0.25, -0.2) is 9.59 Å². The SMILES string of the molecule is CC(C)(C)OC(=O)N[C@@H](Cc1ccc(OC(C)(C)C)cc1)C(=O)O[C@H]1CC[C@]2(C)[C@H]3C[C@@H](O)[C@@H]4[C@@H]([C@]5(C)CC[C@H](C(C)(C)O)O5)CC[C@@]4(C)[C@]3(C)CC[C@H]2C1(C)C. The van der Waals surface area contributed by atoms with Gasteiger partial charge in [0.15, 0.2) is 0 Å². The number of aliphatic hydroxyl groups excluding tert-OH is 1. The number of rotatable bonds is 8. The maximum atomic E-state index is 14.3. The summed E-state index contributed by atoms with van der Waals surface area (Å²) in [6.45, 7) is 29.4. The second-order valence-corrected chi connectivity index (χ2v) is 23.1. The average molecular weight is 796 g/mol. The van der Waals surface area contributed by atoms with Crippen LogP contribution in [0.2, 0.25) is 0 Å². The summed E-state index contributed by atoms with van der Waals surface area (Å²) < 4.78 is 24.9. The number of alkyl carbamates (subject to hydrolysis) is 1. The minimum atomic E-state index is -0.932. The summed E-state index contributed by atoms with van der Waals surface area (Å²) in [5.41, 5.74) is -1.81. The molecular formula is C48H77NO8. The lowest BCUT2D eigenvalue weighted by Gasteiger charge is -2.70. The topological polar surface area (TPSA) is 124 Å². The number of esters is 1. The highest BCUT2D eigenvalue weighted by Crippen LogP contribution is 2.76. The van der Waals surface area contributed by atoms with Crippen molar-refractivity contribution < 1.29 is 38.7 Å². The zero-order valence-electron chi connectivity index (χ0n) is 37.8. The van der Waals surface area contributed by atoms with Gasteiger partial charge in [0.05, 0.1) is 23.4 Å². The van der Waals surface area contributed by atoms with Crippen LogP contribution in [0.3, 0.4) is 0 Å². The first-order chi connectivity index (χ1) is 26.0. The van der Waals surface area contributed by atoms with Gasteiger partial charge >= 0.3 is 12.1 Å². The Kier molecular flexibility index (Phi) is 11.4. The van der Waals surface area contributed by atoms with Crippen molar-refractivity contribution in [3.05, 3.63) is 29.8 Å². The van der Waals surface area contributed by atoms with Crippen molar-refractivity contribution >= 4 is 12.1 Å². The molecule has 9 heteroatoms. The molecule has 1 aromatic carbocycles. The zero-order valence-corrected chi connectivity index (χ0v) is 37.8. The number of aliphatic hydroxyl groups is 2. The van der Waals surface area contributed by atoms with E-state index in [4.69, 9.17) is 18.9 Å². The lowest BCUT2D eigenvalue weighted by Crippen LogP contribution is -2.67. The van der Waals surface area contributed by atoms with Crippen LogP contribution >= 0.6 is 0 Å². The summed E-state index contributed by atoms with van der Waals surface area (Å²) in [7, 11) is 0. The van der Waals surface area contributed by atoms with Crippen LogP contribution in [-0.4, -0.2) is 69.0 Å². The Balaban J connectivity index is 1.20. The molecule has 9 nitrogen and oxygen atoms in total. The number of hydrogen-bond donors (Lipinski definition) is 3. The molecule has 57 heavy (non-hydrogen) atoms. The summed E-state index contributed by atoms with van der Waals surface area (Å²) in [4.78, 5) is 27.3. The van der Waals surface area contributed by atoms with Crippen molar-refractivity contribution in [2.24, 2.45) is 45.3 Å². The predicted octanol–water partition coefficient (Wildman–Crippen LogP) is 9.58. The minimum absolute atomic E-state index is 0.0387. The van der Waals surface area contributed by atoms with Gasteiger partial charge in [0.1, 0.15) is 29.1 Å². The summed E-state index contributed by atoms with van der Waals surface area (Å²) in [5.74, 6) is 1.29. The van der Waals surface area contributed by atoms with E-state index in [2.05, 4.69) is 46.9 Å². The molecule has 0 radical (unpaired) electrons. The Labute approximate surface area is 344 Å². The monoisotopic (exact) mass is 796 g/mol. The van der Waals surface area contributed by atoms with Crippen LogP contribution in [0.25, 0.3) is 0 Å². The lowest BCUT2D eigenvalue weighted by atomic mass is 9.35. The fourth-order valence-corrected chi connectivity index (χ4v) is 13.4. The largest absolute Gasteiger partial charge is 0.488 e. The van der Waals surface area contributed by atoms with E-state index in [1.54, 1.807) is 20.8 Å². The highest BCUT2D eigenvalue weighted by Gasteiger charge is 2.72. The molecule has 0 spiro atoms. The molecule has 5 fully saturated rings. The zero-order chi connectivity index (χ0) is 42.4. The second kappa shape index (κ2) is 14.7. The highest BCUT2D eigenvalue weighted by atomic mass is 16.6. The van der Waals surface area contributed by atoms with E-state index < -0.39 is 35.4 Å². The van der Waals surface area contributed by atoms with Crippen molar-refractivity contribution in [3.8, 4) is 5.75 Å². The Morgan fingerprint density at radius 2 is 1.46 bits per heavy atom. The number of hydrogen-bond acceptors (Lipinski definition) is 8. The van der Waals surface area contributed by atoms with E-state index in [-0.39, 0.29) is 69.2 Å². The number of carbonyl (C=O) groups excluding carboxylic acids is 2. The Bertz CT molecular complexity index is 1640. The Morgan fingerprint density at radius 3 is 2.04 bits per heavy atom. The van der Waals surface area contributed by atoms with Crippen molar-refractivity contribution in [2.45, 2.75) is 208 Å². The highest BCUT2D eigenvalue weighted by molar-refractivity contribution is 5.82. The Hall–Kier alpha value is -2.36. The molecule has 1 heterocycles. The third kappa shape index (κ3) is 8.25. The molecule has 4 saturated carbocycles. The number of nitrogens with one attached hydrogen (secondary N) is 1. The second-order valence-electron chi connectivity index (χ2n) is 23.1. The van der Waals surface area contributed by atoms with Crippen molar-refractivity contribution in [3.63, 3.8) is 0 Å². The number of ether oxygens (including phenoxy) is 4. The quantitative estimate of drug-likeness (QED) is 0.223. The molecule has 1 amide bonds. The molecule has 12 atom stereocenters. The summed E-state index contributed by atoms with van der Waals surface area (Å²) in [5, 5.41) is 26.0. The van der Waals surface area contributed by atoms with Crippen LogP contribution in [0.1, 0.15) is 160 Å². The fourth-order valence-electron chi connectivity index (χ4n) is 13.4. The molecule has 3 N–H and O–H groups in total. The Morgan fingerprint density at radius 1 is 0.825 bits per heavy atom. The predicted molar refractivity (Wildman–Crippen MR) is 223 cm³/mol. The maximum absolute atomic E-state index is 14.3. The number of carbonyl (C=O) groups is 2. The molecular weight excluding hydrogens is 719 g/mol. The van der Waals surface area contributed by atoms with E-state index in [0.29, 0.717) is 5.92 Å². The molecule has 1 aromatic rings. The van der Waals surface area contributed by atoms with Crippen LogP contribution in [0, 0.1) is 45.3 Å². The van der Waals surface area contributed by atoms with Gasteiger partial charge in [-0.1, -0.05) is 46.8 Å². The maximum Gasteiger partial charge on any atom is 0.408 e. The van der Waals surface area contributed by atoms with Crippen LogP contribution in [0.4, 0.5) is 4.79 Å². The van der Waals surface area contributed by atoms with E-state index in [9.17, 15) is 19.8 Å². The molecule has 1 aliphatic heterocycles. The van der Waals surface area contributed by atoms with Crippen molar-refractivity contribution in [2.75, 3.05) is 0 Å². The molecule has 0 aromatic heterocycles. The normalized spacial score (nSPS) is 39.6. The van der Waals surface area contributed by atoms with Gasteiger partial charge in [0.2, 0.25) is 0 Å². The van der Waals surface area contributed by atoms with Crippen molar-refractivity contribution in [1.29, 1.82) is 0 Å². The average Bonchev–Trinajstić information content (AvgIpc) is 3.65. The lowest BCUT2D eigenvalue weighted by molar-refractivity contribution is -0.251. The first-order valence-electron chi connectivity index (χ1n) is 22.1. The van der Waals surface area contributed by atoms with Gasteiger partial charge < -0.3 is 34.5 Å². The van der Waals surface area contributed by atoms with Gasteiger partial charge in [-0.15, -0.1) is 0 Å². The number of benzene rings is 1. The van der Waals surface area contributed by atoms with Crippen LogP contribution in [0.5, 0.6) is 5.75 Å². The third-order valence-corrected chi connectivity index (χ3v) is 16.2. The molecule has 0 unspecified atom stereocenters. The smallest absolute Gasteiger partial charge is 0.408 e. The van der Waals surface area contributed by atoms with Gasteiger partial charge in [-0.3, -0.25) is 0 Å². The van der Waals surface area contributed by atoms with Gasteiger partial charge in [-0.05, 0) is 178 Å². The fraction of sp³-hybridized carbons (Fsp3) is 0.833. The van der Waals surface area contributed by atoms with Crippen LogP contribution < -0.4 is 10.1 Å². The minimum Gasteiger partial charge on any atom is -0.488 e. The molecule has 6 rings (SSSR count). The molecule has 1 saturated heterocycles. The number of fused-ring (bicyclic) bond motifs is 5. The number of amides is 1. The van der Waals surface area contributed by atoms with E-state index in [1.807, 2.05) is 58.9 Å². The van der Waals surface area contributed by atoms with Gasteiger partial charge in [-0.2, -0.15) is 0 Å². The molecule has 5 aliphatic rings. The summed E-state index contributed by atoms with van der Waals surface area (Å²) in [6, 6.07) is 6.71. The summed E-state index contributed by atoms with van der Waals surface area (Å²) >= 11 is 0. The standard InChI is InChI=1S/C48H77NO8/c1-41(2,3)55-30-17-15-29(16-18-30)27-32(49-40(52)57-42(4,5)6)39(51)54-36-21-23-45(11)34(43(36,7)8)20-25-46(12)35(45)28-33(50)38-31(19-24-47(38,46)13)48(14)26-22-37(56-48)44(9,10)53/h15-18,31-38,50,53H,19-28H2,1-14H3,(H,49,52)/t31-,32-,33+,34-,35+,36-,37+,38-,45-,46+,47+,48-/m0/s1. The first-order valence-corrected chi connectivity index (χ1v) is 22.1. The van der Waals surface area contributed by atoms with Crippen molar-refractivity contribution in [1.82, 2.24) is 5.32 Å². The van der Waals surface area contributed by atoms with Crippen LogP contribution in [-0.2, 0) is 25.4 Å². The van der Waals surface area contributed by atoms with Gasteiger partial charge in [0, 0.05) is 11.8 Å². The molecule has 0 bridgehead atoms. The molecule has 322 valence electrons. The van der Waals surface area contributed by atoms with E-state index in [1.165, 1.54) is 0 Å². The van der Waals surface area contributed by atoms with E-state index in [0.717, 1.165) is 69.1 Å². The van der Waals surface area contributed by atoms with Crippen LogP contribution in [0.15, 0.2) is 24.3 Å². The van der Waals surface area contributed by atoms with Gasteiger partial charge in [0.25, 0.3) is 0 Å². The van der Waals surface area contributed by atoms with E-state index >= 15 is 0 Å². The summed E-state index contributed by atoms with van der Waals surface area (Å²) in [6.07, 6.45) is 7.01. The third-order valence-electron chi connectivity index (χ3n) is 16.2. The first kappa shape index (κ1) is 44.2. The molecule has 4 aliphatic carbocycles.